The van der Waals surface area contributed by atoms with Crippen molar-refractivity contribution in [2.45, 2.75) is 32.8 Å². The van der Waals surface area contributed by atoms with E-state index in [1.54, 1.807) is 0 Å². The summed E-state index contributed by atoms with van der Waals surface area (Å²) in [5, 5.41) is 9.00. The van der Waals surface area contributed by atoms with Gasteiger partial charge >= 0.3 is 0 Å². The molecule has 0 heterocycles. The minimum absolute atomic E-state index is 0.221. The zero-order chi connectivity index (χ0) is 7.11. The van der Waals surface area contributed by atoms with Crippen LogP contribution in [0.4, 0.5) is 0 Å². The van der Waals surface area contributed by atoms with Crippen LogP contribution in [-0.4, -0.2) is 11.2 Å². The second kappa shape index (κ2) is 5.83. The van der Waals surface area contributed by atoms with Gasteiger partial charge in [-0.2, -0.15) is 0 Å². The van der Waals surface area contributed by atoms with E-state index in [4.69, 9.17) is 5.11 Å². The van der Waals surface area contributed by atoms with Gasteiger partial charge in [-0.1, -0.05) is 19.1 Å². The molecule has 53 valence electrons. The summed E-state index contributed by atoms with van der Waals surface area (Å²) in [6.07, 6.45) is 7.39. The van der Waals surface area contributed by atoms with Crippen molar-refractivity contribution in [3.63, 3.8) is 0 Å². The van der Waals surface area contributed by atoms with Gasteiger partial charge in [-0.3, -0.25) is 0 Å². The van der Waals surface area contributed by atoms with E-state index >= 15 is 0 Å². The van der Waals surface area contributed by atoms with Crippen LogP contribution in [0.25, 0.3) is 0 Å². The summed E-state index contributed by atoms with van der Waals surface area (Å²) >= 11 is 0. The van der Waals surface area contributed by atoms with Crippen molar-refractivity contribution in [1.82, 2.24) is 0 Å². The second-order valence-electron chi connectivity index (χ2n) is 2.02. The minimum Gasteiger partial charge on any atom is -0.393 e. The quantitative estimate of drug-likeness (QED) is 0.572. The average molecular weight is 127 g/mol. The van der Waals surface area contributed by atoms with Crippen LogP contribution < -0.4 is 0 Å². The van der Waals surface area contributed by atoms with Crippen LogP contribution in [0, 0.1) is 6.42 Å². The largest absolute Gasteiger partial charge is 0.393 e. The first-order valence-corrected chi connectivity index (χ1v) is 3.43. The molecule has 0 bridgehead atoms. The van der Waals surface area contributed by atoms with Crippen LogP contribution in [0.3, 0.4) is 0 Å². The topological polar surface area (TPSA) is 20.2 Å². The summed E-state index contributed by atoms with van der Waals surface area (Å²) in [5.41, 5.74) is 0. The molecule has 0 aromatic rings. The van der Waals surface area contributed by atoms with Gasteiger partial charge in [0.25, 0.3) is 0 Å². The van der Waals surface area contributed by atoms with E-state index in [-0.39, 0.29) is 6.10 Å². The van der Waals surface area contributed by atoms with Crippen LogP contribution in [0.5, 0.6) is 0 Å². The molecule has 0 aliphatic heterocycles. The van der Waals surface area contributed by atoms with Gasteiger partial charge in [-0.05, 0) is 26.2 Å². The van der Waals surface area contributed by atoms with E-state index in [9.17, 15) is 0 Å². The molecule has 0 spiro atoms. The lowest BCUT2D eigenvalue weighted by molar-refractivity contribution is 0.200. The predicted octanol–water partition coefficient (Wildman–Crippen LogP) is 1.93. The number of aliphatic hydroxyl groups excluding tert-OH is 1. The summed E-state index contributed by atoms with van der Waals surface area (Å²) in [7, 11) is 0. The molecular formula is C8H15O. The number of rotatable bonds is 4. The molecule has 0 amide bonds. The molecule has 0 rings (SSSR count). The maximum absolute atomic E-state index is 9.00. The first-order valence-electron chi connectivity index (χ1n) is 3.43. The molecule has 1 nitrogen and oxygen atoms in total. The van der Waals surface area contributed by atoms with Crippen molar-refractivity contribution in [1.29, 1.82) is 0 Å². The van der Waals surface area contributed by atoms with Crippen molar-refractivity contribution >= 4 is 0 Å². The van der Waals surface area contributed by atoms with Gasteiger partial charge < -0.3 is 5.11 Å². The van der Waals surface area contributed by atoms with Crippen LogP contribution in [0.1, 0.15) is 26.7 Å². The Morgan fingerprint density at radius 2 is 2.22 bits per heavy atom. The fraction of sp³-hybridized carbons (Fsp3) is 0.625. The smallest absolute Gasteiger partial charge is 0.0572 e. The van der Waals surface area contributed by atoms with E-state index in [0.29, 0.717) is 0 Å². The SMILES string of the molecule is CC=CC[CH]C(O)CC. The maximum atomic E-state index is 9.00. The summed E-state index contributed by atoms with van der Waals surface area (Å²) in [6.45, 7) is 3.95. The molecule has 1 radical (unpaired) electrons. The highest BCUT2D eigenvalue weighted by molar-refractivity contribution is 4.87. The fourth-order valence-corrected chi connectivity index (χ4v) is 0.538. The summed E-state index contributed by atoms with van der Waals surface area (Å²) in [6, 6.07) is 0. The Kier molecular flexibility index (Phi) is 5.64. The van der Waals surface area contributed by atoms with Gasteiger partial charge in [-0.15, -0.1) is 0 Å². The van der Waals surface area contributed by atoms with Gasteiger partial charge in [0.2, 0.25) is 0 Å². The van der Waals surface area contributed by atoms with Gasteiger partial charge in [0.15, 0.2) is 0 Å². The third kappa shape index (κ3) is 5.57. The van der Waals surface area contributed by atoms with Crippen molar-refractivity contribution in [2.75, 3.05) is 0 Å². The standard InChI is InChI=1S/C8H15O/c1-3-5-6-7-8(9)4-2/h3,5,7-9H,4,6H2,1-2H3. The maximum Gasteiger partial charge on any atom is 0.0572 e. The van der Waals surface area contributed by atoms with Crippen LogP contribution in [0.2, 0.25) is 0 Å². The highest BCUT2D eigenvalue weighted by Crippen LogP contribution is 1.99. The van der Waals surface area contributed by atoms with E-state index < -0.39 is 0 Å². The molecule has 0 aliphatic rings. The summed E-state index contributed by atoms with van der Waals surface area (Å²) < 4.78 is 0. The molecule has 0 fully saturated rings. The van der Waals surface area contributed by atoms with Gasteiger partial charge in [0.1, 0.15) is 0 Å². The average Bonchev–Trinajstić information content (AvgIpc) is 1.89. The van der Waals surface area contributed by atoms with Gasteiger partial charge in [-0.25, -0.2) is 0 Å². The third-order valence-corrected chi connectivity index (χ3v) is 1.20. The van der Waals surface area contributed by atoms with Gasteiger partial charge in [0.05, 0.1) is 6.10 Å². The Labute approximate surface area is 57.4 Å². The van der Waals surface area contributed by atoms with Crippen molar-refractivity contribution in [3.05, 3.63) is 18.6 Å². The Hall–Kier alpha value is -0.300. The summed E-state index contributed by atoms with van der Waals surface area (Å²) in [5.74, 6) is 0. The molecule has 9 heavy (non-hydrogen) atoms. The van der Waals surface area contributed by atoms with Crippen molar-refractivity contribution in [2.24, 2.45) is 0 Å². The summed E-state index contributed by atoms with van der Waals surface area (Å²) in [4.78, 5) is 0. The molecule has 1 heteroatoms. The number of hydrogen-bond donors (Lipinski definition) is 1. The highest BCUT2D eigenvalue weighted by atomic mass is 16.3. The van der Waals surface area contributed by atoms with Crippen molar-refractivity contribution in [3.8, 4) is 0 Å². The van der Waals surface area contributed by atoms with Gasteiger partial charge in [0, 0.05) is 0 Å². The molecule has 0 saturated heterocycles. The Morgan fingerprint density at radius 3 is 2.67 bits per heavy atom. The molecule has 0 aromatic heterocycles. The number of hydrogen-bond acceptors (Lipinski definition) is 1. The monoisotopic (exact) mass is 127 g/mol. The Bertz CT molecular complexity index is 76.6. The lowest BCUT2D eigenvalue weighted by atomic mass is 10.1. The lowest BCUT2D eigenvalue weighted by Crippen LogP contribution is -2.03. The zero-order valence-corrected chi connectivity index (χ0v) is 6.17. The van der Waals surface area contributed by atoms with E-state index in [1.807, 2.05) is 32.4 Å². The van der Waals surface area contributed by atoms with E-state index in [0.717, 1.165) is 12.8 Å². The molecular weight excluding hydrogens is 112 g/mol. The molecule has 1 N–H and O–H groups in total. The zero-order valence-electron chi connectivity index (χ0n) is 6.17. The van der Waals surface area contributed by atoms with E-state index in [1.165, 1.54) is 0 Å². The number of allylic oxidation sites excluding steroid dienone is 2. The first kappa shape index (κ1) is 8.70. The molecule has 0 saturated carbocycles. The van der Waals surface area contributed by atoms with Crippen LogP contribution in [0.15, 0.2) is 12.2 Å². The molecule has 1 atom stereocenters. The fourth-order valence-electron chi connectivity index (χ4n) is 0.538. The van der Waals surface area contributed by atoms with E-state index in [2.05, 4.69) is 0 Å². The molecule has 1 unspecified atom stereocenters. The Morgan fingerprint density at radius 1 is 1.56 bits per heavy atom. The number of aliphatic hydroxyl groups is 1. The molecule has 0 aliphatic carbocycles. The predicted molar refractivity (Wildman–Crippen MR) is 40.0 cm³/mol. The van der Waals surface area contributed by atoms with Crippen molar-refractivity contribution < 1.29 is 5.11 Å². The Balaban J connectivity index is 3.06. The van der Waals surface area contributed by atoms with Crippen LogP contribution in [-0.2, 0) is 0 Å². The first-order chi connectivity index (χ1) is 4.31. The second-order valence-corrected chi connectivity index (χ2v) is 2.02. The van der Waals surface area contributed by atoms with Crippen LogP contribution >= 0.6 is 0 Å². The minimum atomic E-state index is -0.221. The highest BCUT2D eigenvalue weighted by Gasteiger charge is 1.96. The normalized spacial score (nSPS) is 14.6. The lowest BCUT2D eigenvalue weighted by Gasteiger charge is -2.02. The third-order valence-electron chi connectivity index (χ3n) is 1.20. The molecule has 0 aromatic carbocycles.